The van der Waals surface area contributed by atoms with Gasteiger partial charge in [-0.15, -0.1) is 11.8 Å². The van der Waals surface area contributed by atoms with Gasteiger partial charge in [0, 0.05) is 30.0 Å². The minimum Gasteiger partial charge on any atom is -0.481 e. The van der Waals surface area contributed by atoms with Crippen LogP contribution in [0.5, 0.6) is 0 Å². The van der Waals surface area contributed by atoms with Crippen molar-refractivity contribution in [1.82, 2.24) is 4.90 Å². The summed E-state index contributed by atoms with van der Waals surface area (Å²) in [4.78, 5) is 25.9. The lowest BCUT2D eigenvalue weighted by atomic mass is 10.0. The van der Waals surface area contributed by atoms with E-state index < -0.39 is 5.97 Å². The zero-order chi connectivity index (χ0) is 14.5. The number of carbonyl (C=O) groups excluding carboxylic acids is 1. The van der Waals surface area contributed by atoms with Crippen molar-refractivity contribution in [2.24, 2.45) is 5.92 Å². The van der Waals surface area contributed by atoms with Crippen molar-refractivity contribution < 1.29 is 14.7 Å². The van der Waals surface area contributed by atoms with Crippen molar-refractivity contribution in [2.45, 2.75) is 24.2 Å². The summed E-state index contributed by atoms with van der Waals surface area (Å²) in [5.74, 6) is -0.390. The van der Waals surface area contributed by atoms with Crippen molar-refractivity contribution in [3.05, 3.63) is 29.8 Å². The predicted molar refractivity (Wildman–Crippen MR) is 79.1 cm³/mol. The molecule has 4 nitrogen and oxygen atoms in total. The number of carboxylic acid groups (broad SMARTS) is 1. The van der Waals surface area contributed by atoms with Gasteiger partial charge in [-0.1, -0.05) is 0 Å². The molecule has 1 heterocycles. The lowest BCUT2D eigenvalue weighted by Crippen LogP contribution is -2.28. The molecule has 1 saturated heterocycles. The van der Waals surface area contributed by atoms with E-state index in [1.807, 2.05) is 35.4 Å². The first-order valence-corrected chi connectivity index (χ1v) is 7.97. The topological polar surface area (TPSA) is 57.6 Å². The second-order valence-corrected chi connectivity index (χ2v) is 5.95. The minimum absolute atomic E-state index is 0.0514. The van der Waals surface area contributed by atoms with Crippen LogP contribution in [0, 0.1) is 5.92 Å². The molecule has 1 aromatic rings. The smallest absolute Gasteiger partial charge is 0.303 e. The van der Waals surface area contributed by atoms with Crippen LogP contribution in [-0.4, -0.2) is 41.2 Å². The number of thioether (sulfide) groups is 1. The fourth-order valence-electron chi connectivity index (χ4n) is 2.50. The lowest BCUT2D eigenvalue weighted by molar-refractivity contribution is -0.137. The van der Waals surface area contributed by atoms with Crippen LogP contribution in [0.4, 0.5) is 0 Å². The van der Waals surface area contributed by atoms with E-state index in [1.54, 1.807) is 11.8 Å². The first-order chi connectivity index (χ1) is 9.60. The number of aliphatic carboxylic acids is 1. The fourth-order valence-corrected chi connectivity index (χ4v) is 2.90. The summed E-state index contributed by atoms with van der Waals surface area (Å²) in [6, 6.07) is 7.63. The number of rotatable bonds is 5. The molecule has 2 rings (SSSR count). The Morgan fingerprint density at radius 3 is 2.65 bits per heavy atom. The summed E-state index contributed by atoms with van der Waals surface area (Å²) in [7, 11) is 0. The average Bonchev–Trinajstić information content (AvgIpc) is 2.93. The van der Waals surface area contributed by atoms with Gasteiger partial charge in [-0.05, 0) is 49.3 Å². The van der Waals surface area contributed by atoms with Gasteiger partial charge in [0.15, 0.2) is 0 Å². The number of likely N-dealkylation sites (tertiary alicyclic amines) is 1. The standard InChI is InChI=1S/C15H19NO3S/c1-20-13-5-3-12(4-6-13)15(19)16-9-8-11(10-16)2-7-14(17)18/h3-6,11H,2,7-10H2,1H3,(H,17,18). The Morgan fingerprint density at radius 2 is 2.05 bits per heavy atom. The molecule has 20 heavy (non-hydrogen) atoms. The minimum atomic E-state index is -0.762. The SMILES string of the molecule is CSc1ccc(C(=O)N2CCC(CCC(=O)O)C2)cc1. The third-order valence-electron chi connectivity index (χ3n) is 3.68. The Labute approximate surface area is 123 Å². The van der Waals surface area contributed by atoms with Crippen LogP contribution >= 0.6 is 11.8 Å². The molecule has 1 aromatic carbocycles. The molecule has 1 N–H and O–H groups in total. The number of benzene rings is 1. The van der Waals surface area contributed by atoms with Gasteiger partial charge >= 0.3 is 5.97 Å². The molecule has 1 atom stereocenters. The molecular weight excluding hydrogens is 274 g/mol. The third kappa shape index (κ3) is 3.76. The highest BCUT2D eigenvalue weighted by Gasteiger charge is 2.27. The Balaban J connectivity index is 1.91. The van der Waals surface area contributed by atoms with E-state index in [9.17, 15) is 9.59 Å². The van der Waals surface area contributed by atoms with Gasteiger partial charge in [0.05, 0.1) is 0 Å². The lowest BCUT2D eigenvalue weighted by Gasteiger charge is -2.16. The number of carbonyl (C=O) groups is 2. The van der Waals surface area contributed by atoms with Crippen LogP contribution in [0.15, 0.2) is 29.2 Å². The highest BCUT2D eigenvalue weighted by molar-refractivity contribution is 7.98. The van der Waals surface area contributed by atoms with E-state index in [4.69, 9.17) is 5.11 Å². The van der Waals surface area contributed by atoms with Gasteiger partial charge in [-0.2, -0.15) is 0 Å². The summed E-state index contributed by atoms with van der Waals surface area (Å²) in [6.07, 6.45) is 3.76. The molecule has 0 spiro atoms. The van der Waals surface area contributed by atoms with Crippen LogP contribution in [0.3, 0.4) is 0 Å². The summed E-state index contributed by atoms with van der Waals surface area (Å²) < 4.78 is 0. The van der Waals surface area contributed by atoms with Gasteiger partial charge in [-0.25, -0.2) is 0 Å². The highest BCUT2D eigenvalue weighted by atomic mass is 32.2. The summed E-state index contributed by atoms with van der Waals surface area (Å²) in [6.45, 7) is 1.41. The number of carboxylic acids is 1. The van der Waals surface area contributed by atoms with Crippen LogP contribution in [-0.2, 0) is 4.79 Å². The second kappa shape index (κ2) is 6.79. The predicted octanol–water partition coefficient (Wildman–Crippen LogP) is 2.74. The normalized spacial score (nSPS) is 18.2. The molecule has 1 unspecified atom stereocenters. The Morgan fingerprint density at radius 1 is 1.35 bits per heavy atom. The molecule has 0 bridgehead atoms. The van der Waals surface area contributed by atoms with Crippen molar-refractivity contribution in [2.75, 3.05) is 19.3 Å². The largest absolute Gasteiger partial charge is 0.481 e. The number of amides is 1. The molecular formula is C15H19NO3S. The second-order valence-electron chi connectivity index (χ2n) is 5.07. The maximum absolute atomic E-state index is 12.3. The summed E-state index contributed by atoms with van der Waals surface area (Å²) in [5, 5.41) is 8.69. The van der Waals surface area contributed by atoms with E-state index in [0.717, 1.165) is 17.9 Å². The molecule has 108 valence electrons. The molecule has 1 aliphatic rings. The summed E-state index contributed by atoms with van der Waals surface area (Å²) in [5.41, 5.74) is 0.710. The van der Waals surface area contributed by atoms with Crippen molar-refractivity contribution in [3.63, 3.8) is 0 Å². The maximum Gasteiger partial charge on any atom is 0.303 e. The van der Waals surface area contributed by atoms with Gasteiger partial charge in [0.1, 0.15) is 0 Å². The Bertz CT molecular complexity index is 486. The van der Waals surface area contributed by atoms with E-state index in [2.05, 4.69) is 0 Å². The first-order valence-electron chi connectivity index (χ1n) is 6.75. The Hall–Kier alpha value is -1.49. The highest BCUT2D eigenvalue weighted by Crippen LogP contribution is 2.23. The van der Waals surface area contributed by atoms with Crippen molar-refractivity contribution >= 4 is 23.6 Å². The van der Waals surface area contributed by atoms with Crippen molar-refractivity contribution in [3.8, 4) is 0 Å². The van der Waals surface area contributed by atoms with E-state index in [1.165, 1.54) is 0 Å². The van der Waals surface area contributed by atoms with E-state index >= 15 is 0 Å². The van der Waals surface area contributed by atoms with Crippen LogP contribution in [0.1, 0.15) is 29.6 Å². The quantitative estimate of drug-likeness (QED) is 0.848. The molecule has 0 aromatic heterocycles. The van der Waals surface area contributed by atoms with E-state index in [-0.39, 0.29) is 12.3 Å². The number of nitrogens with zero attached hydrogens (tertiary/aromatic N) is 1. The average molecular weight is 293 g/mol. The molecule has 0 radical (unpaired) electrons. The number of hydrogen-bond donors (Lipinski definition) is 1. The fraction of sp³-hybridized carbons (Fsp3) is 0.467. The van der Waals surface area contributed by atoms with Gasteiger partial charge in [-0.3, -0.25) is 9.59 Å². The van der Waals surface area contributed by atoms with Gasteiger partial charge in [0.2, 0.25) is 0 Å². The van der Waals surface area contributed by atoms with Gasteiger partial charge in [0.25, 0.3) is 5.91 Å². The molecule has 1 fully saturated rings. The Kier molecular flexibility index (Phi) is 5.06. The van der Waals surface area contributed by atoms with Crippen LogP contribution in [0.25, 0.3) is 0 Å². The molecule has 1 amide bonds. The number of hydrogen-bond acceptors (Lipinski definition) is 3. The van der Waals surface area contributed by atoms with Crippen LogP contribution in [0.2, 0.25) is 0 Å². The molecule has 5 heteroatoms. The van der Waals surface area contributed by atoms with Crippen LogP contribution < -0.4 is 0 Å². The zero-order valence-electron chi connectivity index (χ0n) is 11.5. The van der Waals surface area contributed by atoms with E-state index in [0.29, 0.717) is 24.4 Å². The zero-order valence-corrected chi connectivity index (χ0v) is 12.4. The molecule has 1 aliphatic heterocycles. The maximum atomic E-state index is 12.3. The summed E-state index contributed by atoms with van der Waals surface area (Å²) >= 11 is 1.65. The molecule has 0 saturated carbocycles. The molecule has 0 aliphatic carbocycles. The van der Waals surface area contributed by atoms with Crippen molar-refractivity contribution in [1.29, 1.82) is 0 Å². The monoisotopic (exact) mass is 293 g/mol. The third-order valence-corrected chi connectivity index (χ3v) is 4.42. The first kappa shape index (κ1) is 14.9. The van der Waals surface area contributed by atoms with Gasteiger partial charge < -0.3 is 10.0 Å².